The number of aliphatic imine (C=N–C) groups is 1. The summed E-state index contributed by atoms with van der Waals surface area (Å²) in [5, 5.41) is 4.41. The highest BCUT2D eigenvalue weighted by atomic mass is 127. The van der Waals surface area contributed by atoms with Gasteiger partial charge in [-0.25, -0.2) is 0 Å². The number of nitrogens with two attached hydrogens (primary N) is 1. The van der Waals surface area contributed by atoms with Crippen molar-refractivity contribution in [2.75, 3.05) is 13.6 Å². The largest absolute Gasteiger partial charge is 0.370 e. The Morgan fingerprint density at radius 3 is 2.58 bits per heavy atom. The summed E-state index contributed by atoms with van der Waals surface area (Å²) in [7, 11) is 4.00. The molecular weight excluding hydrogens is 353 g/mol. The molecule has 6 heteroatoms. The van der Waals surface area contributed by atoms with Gasteiger partial charge in [0.15, 0.2) is 5.96 Å². The monoisotopic (exact) mass is 377 g/mol. The number of guanidine groups is 1. The van der Waals surface area contributed by atoms with Crippen LogP contribution in [0.25, 0.3) is 0 Å². The number of aryl methyl sites for hydroxylation is 2. The summed E-state index contributed by atoms with van der Waals surface area (Å²) in [6.07, 6.45) is 3.39. The van der Waals surface area contributed by atoms with E-state index >= 15 is 0 Å². The maximum Gasteiger partial charge on any atom is 0.191 e. The summed E-state index contributed by atoms with van der Waals surface area (Å²) in [6.45, 7) is 4.88. The molecule has 1 aliphatic carbocycles. The molecular formula is C13H24IN5. The standard InChI is InChI=1S/C13H23N5.HI/c1-9-12(10(2)18(4)16-9)7-8-15-13(14)17(3)11-5-6-11;/h11H,5-8H2,1-4H3,(H2,14,15);1H. The van der Waals surface area contributed by atoms with Gasteiger partial charge in [0.25, 0.3) is 0 Å². The van der Waals surface area contributed by atoms with Gasteiger partial charge in [0.2, 0.25) is 0 Å². The van der Waals surface area contributed by atoms with E-state index in [9.17, 15) is 0 Å². The molecule has 0 unspecified atom stereocenters. The zero-order chi connectivity index (χ0) is 13.3. The Labute approximate surface area is 132 Å². The smallest absolute Gasteiger partial charge is 0.191 e. The van der Waals surface area contributed by atoms with Gasteiger partial charge in [-0.1, -0.05) is 0 Å². The second-order valence-electron chi connectivity index (χ2n) is 5.10. The Hall–Kier alpha value is -0.790. The van der Waals surface area contributed by atoms with E-state index in [0.29, 0.717) is 12.0 Å². The van der Waals surface area contributed by atoms with Crippen molar-refractivity contribution in [2.24, 2.45) is 17.8 Å². The van der Waals surface area contributed by atoms with Crippen molar-refractivity contribution in [1.82, 2.24) is 14.7 Å². The summed E-state index contributed by atoms with van der Waals surface area (Å²) < 4.78 is 1.92. The van der Waals surface area contributed by atoms with E-state index in [-0.39, 0.29) is 24.0 Å². The average molecular weight is 377 g/mol. The lowest BCUT2D eigenvalue weighted by Crippen LogP contribution is -2.35. The Bertz CT molecular complexity index is 462. The van der Waals surface area contributed by atoms with Gasteiger partial charge < -0.3 is 10.6 Å². The van der Waals surface area contributed by atoms with Gasteiger partial charge in [-0.3, -0.25) is 9.67 Å². The third-order valence-corrected chi connectivity index (χ3v) is 3.75. The molecule has 1 aromatic heterocycles. The van der Waals surface area contributed by atoms with Gasteiger partial charge in [0, 0.05) is 32.4 Å². The molecule has 0 bridgehead atoms. The van der Waals surface area contributed by atoms with Crippen LogP contribution in [0, 0.1) is 13.8 Å². The van der Waals surface area contributed by atoms with Crippen LogP contribution in [0.2, 0.25) is 0 Å². The molecule has 0 aromatic carbocycles. The van der Waals surface area contributed by atoms with Gasteiger partial charge in [-0.15, -0.1) is 24.0 Å². The predicted octanol–water partition coefficient (Wildman–Crippen LogP) is 1.61. The molecule has 1 fully saturated rings. The van der Waals surface area contributed by atoms with Crippen LogP contribution in [0.1, 0.15) is 29.8 Å². The molecule has 0 aliphatic heterocycles. The fourth-order valence-corrected chi connectivity index (χ4v) is 2.22. The summed E-state index contributed by atoms with van der Waals surface area (Å²) in [5.74, 6) is 0.664. The van der Waals surface area contributed by atoms with E-state index < -0.39 is 0 Å². The van der Waals surface area contributed by atoms with E-state index in [2.05, 4.69) is 21.9 Å². The lowest BCUT2D eigenvalue weighted by atomic mass is 10.1. The lowest BCUT2D eigenvalue weighted by Gasteiger charge is -2.16. The molecule has 1 aromatic rings. The molecule has 108 valence electrons. The molecule has 0 spiro atoms. The molecule has 5 nitrogen and oxygen atoms in total. The van der Waals surface area contributed by atoms with Gasteiger partial charge >= 0.3 is 0 Å². The summed E-state index contributed by atoms with van der Waals surface area (Å²) in [4.78, 5) is 6.54. The molecule has 2 N–H and O–H groups in total. The second kappa shape index (κ2) is 6.58. The van der Waals surface area contributed by atoms with Crippen molar-refractivity contribution in [2.45, 2.75) is 39.2 Å². The van der Waals surface area contributed by atoms with Gasteiger partial charge in [0.1, 0.15) is 0 Å². The molecule has 1 aliphatic rings. The fraction of sp³-hybridized carbons (Fsp3) is 0.692. The van der Waals surface area contributed by atoms with Crippen LogP contribution in [-0.2, 0) is 13.5 Å². The van der Waals surface area contributed by atoms with Crippen molar-refractivity contribution in [3.05, 3.63) is 17.0 Å². The Morgan fingerprint density at radius 1 is 1.47 bits per heavy atom. The van der Waals surface area contributed by atoms with Crippen molar-refractivity contribution in [3.8, 4) is 0 Å². The first-order chi connectivity index (χ1) is 8.50. The Balaban J connectivity index is 0.00000180. The second-order valence-corrected chi connectivity index (χ2v) is 5.10. The summed E-state index contributed by atoms with van der Waals surface area (Å²) >= 11 is 0. The van der Waals surface area contributed by atoms with Crippen molar-refractivity contribution in [3.63, 3.8) is 0 Å². The quantitative estimate of drug-likeness (QED) is 0.493. The third kappa shape index (κ3) is 3.84. The van der Waals surface area contributed by atoms with Gasteiger partial charge in [-0.05, 0) is 38.7 Å². The van der Waals surface area contributed by atoms with E-state index in [0.717, 1.165) is 18.7 Å². The number of nitrogens with zero attached hydrogens (tertiary/aromatic N) is 4. The van der Waals surface area contributed by atoms with Crippen LogP contribution in [0.15, 0.2) is 4.99 Å². The molecule has 2 rings (SSSR count). The van der Waals surface area contributed by atoms with E-state index in [1.807, 2.05) is 25.7 Å². The van der Waals surface area contributed by atoms with Crippen LogP contribution in [0.4, 0.5) is 0 Å². The van der Waals surface area contributed by atoms with Gasteiger partial charge in [-0.2, -0.15) is 5.10 Å². The highest BCUT2D eigenvalue weighted by molar-refractivity contribution is 14.0. The number of aromatic nitrogens is 2. The number of halogens is 1. The zero-order valence-corrected chi connectivity index (χ0v) is 14.5. The number of hydrogen-bond acceptors (Lipinski definition) is 2. The van der Waals surface area contributed by atoms with Crippen LogP contribution < -0.4 is 5.73 Å². The fourth-order valence-electron chi connectivity index (χ4n) is 2.22. The zero-order valence-electron chi connectivity index (χ0n) is 12.2. The molecule has 1 saturated carbocycles. The van der Waals surface area contributed by atoms with Crippen LogP contribution in [0.3, 0.4) is 0 Å². The predicted molar refractivity (Wildman–Crippen MR) is 89.1 cm³/mol. The number of rotatable bonds is 4. The first-order valence-corrected chi connectivity index (χ1v) is 6.52. The van der Waals surface area contributed by atoms with E-state index in [4.69, 9.17) is 5.73 Å². The normalized spacial score (nSPS) is 15.3. The minimum Gasteiger partial charge on any atom is -0.370 e. The van der Waals surface area contributed by atoms with E-state index in [1.54, 1.807) is 0 Å². The maximum atomic E-state index is 5.96. The topological polar surface area (TPSA) is 59.4 Å². The third-order valence-electron chi connectivity index (χ3n) is 3.75. The van der Waals surface area contributed by atoms with Crippen molar-refractivity contribution in [1.29, 1.82) is 0 Å². The summed E-state index contributed by atoms with van der Waals surface area (Å²) in [5.41, 5.74) is 9.57. The SMILES string of the molecule is Cc1nn(C)c(C)c1CCN=C(N)N(C)C1CC1.I. The Morgan fingerprint density at radius 2 is 2.11 bits per heavy atom. The Kier molecular flexibility index (Phi) is 5.64. The first kappa shape index (κ1) is 16.3. The maximum absolute atomic E-state index is 5.96. The first-order valence-electron chi connectivity index (χ1n) is 6.52. The molecule has 0 saturated heterocycles. The average Bonchev–Trinajstić information content (AvgIpc) is 3.12. The van der Waals surface area contributed by atoms with Crippen LogP contribution in [-0.4, -0.2) is 40.3 Å². The van der Waals surface area contributed by atoms with Crippen molar-refractivity contribution >= 4 is 29.9 Å². The number of hydrogen-bond donors (Lipinski definition) is 1. The molecule has 1 heterocycles. The van der Waals surface area contributed by atoms with Gasteiger partial charge in [0.05, 0.1) is 5.69 Å². The highest BCUT2D eigenvalue weighted by Crippen LogP contribution is 2.24. The lowest BCUT2D eigenvalue weighted by molar-refractivity contribution is 0.487. The van der Waals surface area contributed by atoms with Crippen LogP contribution >= 0.6 is 24.0 Å². The minimum absolute atomic E-state index is 0. The highest BCUT2D eigenvalue weighted by Gasteiger charge is 2.27. The molecule has 0 amide bonds. The van der Waals surface area contributed by atoms with Crippen molar-refractivity contribution < 1.29 is 0 Å². The molecule has 0 atom stereocenters. The molecule has 19 heavy (non-hydrogen) atoms. The summed E-state index contributed by atoms with van der Waals surface area (Å²) in [6, 6.07) is 0.621. The van der Waals surface area contributed by atoms with Crippen LogP contribution in [0.5, 0.6) is 0 Å². The minimum atomic E-state index is 0. The molecule has 0 radical (unpaired) electrons. The van der Waals surface area contributed by atoms with E-state index in [1.165, 1.54) is 24.1 Å².